The van der Waals surface area contributed by atoms with Crippen LogP contribution in [0.5, 0.6) is 0 Å². The molecule has 0 radical (unpaired) electrons. The van der Waals surface area contributed by atoms with Gasteiger partial charge in [0.2, 0.25) is 16.0 Å². The van der Waals surface area contributed by atoms with Gasteiger partial charge in [0.25, 0.3) is 0 Å². The van der Waals surface area contributed by atoms with Crippen molar-refractivity contribution in [3.05, 3.63) is 132 Å². The lowest BCUT2D eigenvalue weighted by Gasteiger charge is -2.39. The van der Waals surface area contributed by atoms with Gasteiger partial charge < -0.3 is 13.7 Å². The van der Waals surface area contributed by atoms with Crippen LogP contribution in [-0.2, 0) is 33.3 Å². The van der Waals surface area contributed by atoms with Crippen molar-refractivity contribution in [1.82, 2.24) is 9.97 Å². The Hall–Kier alpha value is -5.35. The Morgan fingerprint density at radius 1 is 0.855 bits per heavy atom. The van der Waals surface area contributed by atoms with Crippen molar-refractivity contribution >= 4 is 78.1 Å². The summed E-state index contributed by atoms with van der Waals surface area (Å²) in [4.78, 5) is 46.6. The monoisotopic (exact) mass is 1020 g/mol. The average Bonchev–Trinajstić information content (AvgIpc) is 3.30. The molecule has 0 unspecified atom stereocenters. The van der Waals surface area contributed by atoms with Crippen molar-refractivity contribution in [2.24, 2.45) is 0 Å². The molecule has 0 fully saturated rings. The lowest BCUT2D eigenvalue weighted by molar-refractivity contribution is -0.142. The number of nitriles is 1. The molecule has 5 aromatic rings. The van der Waals surface area contributed by atoms with Crippen LogP contribution in [0.15, 0.2) is 115 Å². The number of aldehydes is 1. The number of aromatic nitrogens is 2. The molecule has 1 heterocycles. The van der Waals surface area contributed by atoms with Gasteiger partial charge in [-0.1, -0.05) is 126 Å². The van der Waals surface area contributed by atoms with E-state index < -0.39 is 44.3 Å². The largest absolute Gasteiger partial charge is 0.469 e. The van der Waals surface area contributed by atoms with E-state index in [-0.39, 0.29) is 64.7 Å². The van der Waals surface area contributed by atoms with Crippen LogP contribution in [0, 0.1) is 17.1 Å². The third-order valence-corrected chi connectivity index (χ3v) is 23.3. The van der Waals surface area contributed by atoms with E-state index in [0.29, 0.717) is 17.5 Å². The molecule has 0 aliphatic carbocycles. The highest BCUT2D eigenvalue weighted by molar-refractivity contribution is 7.95. The Bertz CT molecular complexity index is 2660. The number of Topliss-reactive ketones (excluding diaryl/α,β-unsaturated/α-hetero) is 1. The number of ether oxygens (including phenoxy) is 1. The van der Waals surface area contributed by atoms with Gasteiger partial charge in [-0.2, -0.15) is 5.26 Å². The van der Waals surface area contributed by atoms with Crippen molar-refractivity contribution in [2.45, 2.75) is 84.5 Å². The second-order valence-electron chi connectivity index (χ2n) is 18.6. The van der Waals surface area contributed by atoms with Crippen LogP contribution in [-0.4, -0.2) is 96.0 Å². The number of halogens is 1. The van der Waals surface area contributed by atoms with Crippen LogP contribution in [0.1, 0.15) is 76.4 Å². The smallest absolute Gasteiger partial charge is 0.308 e. The van der Waals surface area contributed by atoms with Crippen molar-refractivity contribution in [2.75, 3.05) is 43.7 Å². The van der Waals surface area contributed by atoms with E-state index >= 15 is 0 Å². The molecule has 0 bridgehead atoms. The van der Waals surface area contributed by atoms with Gasteiger partial charge in [0.1, 0.15) is 5.82 Å². The van der Waals surface area contributed by atoms with E-state index in [0.717, 1.165) is 20.2 Å². The number of esters is 1. The molecule has 4 aromatic carbocycles. The van der Waals surface area contributed by atoms with E-state index in [1.807, 2.05) is 74.2 Å². The molecule has 69 heavy (non-hydrogen) atoms. The van der Waals surface area contributed by atoms with Gasteiger partial charge in [-0.15, -0.1) is 0 Å². The van der Waals surface area contributed by atoms with Crippen LogP contribution in [0.3, 0.4) is 0 Å². The zero-order valence-corrected chi connectivity index (χ0v) is 45.4. The van der Waals surface area contributed by atoms with E-state index in [1.54, 1.807) is 6.07 Å². The molecular formula is C52H67FN4O8P2SSi. The number of methoxy groups -OCH3 is 1. The van der Waals surface area contributed by atoms with Gasteiger partial charge in [-0.05, 0) is 90.2 Å². The highest BCUT2D eigenvalue weighted by atomic mass is 32.2. The maximum absolute atomic E-state index is 13.9. The minimum Gasteiger partial charge on any atom is -0.469 e. The second kappa shape index (κ2) is 25.5. The standard InChI is InChI=1S/C31H39O4PSi.C19H25FN3O4PS.C2H3N/c1-31(2,3)37(5,6)35-26(23-30(33)34-4)22-25(32)24-36(27-16-10-7-11-17-27,28-18-12-8-13-19-28)29-20-14-9-15-21-29;1-13(2)17-16(12-24)18(14-6-8-15(20)9-7-14)22-19(21-17)23(3)29(26,27)11-10-28(4,5)25;1-2-3/h7-21,24,26H,22-23H2,1-6H3;6-9,12-13H,10-11H2,1-5H3;1H3/t26-;;/m1../s1. The predicted molar refractivity (Wildman–Crippen MR) is 284 cm³/mol. The molecule has 0 amide bonds. The van der Waals surface area contributed by atoms with Gasteiger partial charge in [0, 0.05) is 32.1 Å². The Kier molecular flexibility index (Phi) is 21.4. The molecular weight excluding hydrogens is 950 g/mol. The Labute approximate surface area is 410 Å². The topological polar surface area (TPSA) is 174 Å². The molecule has 0 N–H and O–H groups in total. The van der Waals surface area contributed by atoms with Crippen LogP contribution in [0.4, 0.5) is 10.3 Å². The predicted octanol–water partition coefficient (Wildman–Crippen LogP) is 9.83. The third kappa shape index (κ3) is 16.4. The number of benzene rings is 4. The van der Waals surface area contributed by atoms with Crippen molar-refractivity contribution in [1.29, 1.82) is 5.26 Å². The first-order valence-electron chi connectivity index (χ1n) is 22.4. The van der Waals surface area contributed by atoms with Gasteiger partial charge in [-0.25, -0.2) is 27.1 Å². The summed E-state index contributed by atoms with van der Waals surface area (Å²) >= 11 is 0. The summed E-state index contributed by atoms with van der Waals surface area (Å²) in [7, 11) is -5.89. The van der Waals surface area contributed by atoms with Gasteiger partial charge in [0.15, 0.2) is 20.4 Å². The zero-order valence-electron chi connectivity index (χ0n) is 41.8. The molecule has 0 saturated heterocycles. The zero-order chi connectivity index (χ0) is 51.8. The fourth-order valence-electron chi connectivity index (χ4n) is 6.77. The van der Waals surface area contributed by atoms with Crippen LogP contribution >= 0.6 is 14.0 Å². The lowest BCUT2D eigenvalue weighted by atomic mass is 9.99. The van der Waals surface area contributed by atoms with Crippen LogP contribution < -0.4 is 20.2 Å². The number of ketones is 1. The summed E-state index contributed by atoms with van der Waals surface area (Å²) in [5.41, 5.74) is 1.32. The second-order valence-corrected chi connectivity index (χ2v) is 32.3. The number of sulfonamides is 1. The fraction of sp³-hybridized carbons (Fsp3) is 0.365. The molecule has 0 aliphatic heterocycles. The van der Waals surface area contributed by atoms with Gasteiger partial charge >= 0.3 is 5.97 Å². The molecule has 1 aromatic heterocycles. The van der Waals surface area contributed by atoms with Crippen molar-refractivity contribution < 1.29 is 40.9 Å². The first kappa shape index (κ1) is 58.0. The number of carbonyl (C=O) groups is 3. The quantitative estimate of drug-likeness (QED) is 0.0354. The van der Waals surface area contributed by atoms with Crippen LogP contribution in [0.25, 0.3) is 11.3 Å². The van der Waals surface area contributed by atoms with Gasteiger partial charge in [-0.3, -0.25) is 14.4 Å². The molecule has 0 aliphatic rings. The molecule has 5 rings (SSSR count). The van der Waals surface area contributed by atoms with E-state index in [2.05, 4.69) is 80.2 Å². The number of nitrogens with zero attached hydrogens (tertiary/aromatic N) is 4. The summed E-state index contributed by atoms with van der Waals surface area (Å²) in [6.07, 6.45) is 0.289. The minimum absolute atomic E-state index is 0.0301. The van der Waals surface area contributed by atoms with Crippen molar-refractivity contribution in [3.63, 3.8) is 0 Å². The average molecular weight is 1020 g/mol. The first-order valence-corrected chi connectivity index (χ1v) is 31.6. The summed E-state index contributed by atoms with van der Waals surface area (Å²) < 4.78 is 63.2. The summed E-state index contributed by atoms with van der Waals surface area (Å²) in [6.45, 7) is 16.5. The number of carbonyl (C=O) groups excluding carboxylic acids is 3. The SMILES string of the molecule is CC#N.CC(C)c1nc(N(C)S(=O)(=O)CCP(C)(C)=O)nc(-c2ccc(F)cc2)c1C=O.COC(=O)C[C@@H](CC(=O)C=P(c1ccccc1)(c1ccccc1)c1ccccc1)O[Si](C)(C)C(C)(C)C. The molecule has 370 valence electrons. The maximum Gasteiger partial charge on any atom is 0.308 e. The normalized spacial score (nSPS) is 12.2. The Morgan fingerprint density at radius 3 is 1.71 bits per heavy atom. The molecule has 17 heteroatoms. The van der Waals surface area contributed by atoms with E-state index in [9.17, 15) is 31.8 Å². The fourth-order valence-corrected chi connectivity index (χ4v) is 15.2. The molecule has 0 spiro atoms. The number of anilines is 1. The lowest BCUT2D eigenvalue weighted by Crippen LogP contribution is -2.45. The molecule has 0 saturated carbocycles. The summed E-state index contributed by atoms with van der Waals surface area (Å²) in [6, 6.07) is 37.9. The van der Waals surface area contributed by atoms with E-state index in [4.69, 9.17) is 14.4 Å². The maximum atomic E-state index is 13.9. The number of hydrogen-bond acceptors (Lipinski definition) is 11. The third-order valence-electron chi connectivity index (χ3n) is 11.5. The summed E-state index contributed by atoms with van der Waals surface area (Å²) in [5, 5.41) is 10.6. The Balaban J connectivity index is 0.000000355. The molecule has 1 atom stereocenters. The highest BCUT2D eigenvalue weighted by Crippen LogP contribution is 2.44. The minimum atomic E-state index is -3.83. The van der Waals surface area contributed by atoms with Gasteiger partial charge in [0.05, 0.1) is 55.5 Å². The first-order chi connectivity index (χ1) is 32.3. The molecule has 12 nitrogen and oxygen atoms in total. The summed E-state index contributed by atoms with van der Waals surface area (Å²) in [5.74, 6) is 0.494. The Morgan fingerprint density at radius 2 is 1.32 bits per heavy atom. The number of hydrogen-bond donors (Lipinski definition) is 0. The van der Waals surface area contributed by atoms with Crippen LogP contribution in [0.2, 0.25) is 18.1 Å². The van der Waals surface area contributed by atoms with E-state index in [1.165, 1.54) is 58.7 Å². The number of rotatable bonds is 18. The van der Waals surface area contributed by atoms with Crippen molar-refractivity contribution in [3.8, 4) is 17.3 Å². The highest BCUT2D eigenvalue weighted by Gasteiger charge is 2.40.